The van der Waals surface area contributed by atoms with E-state index in [1.54, 1.807) is 6.08 Å². The lowest BCUT2D eigenvalue weighted by molar-refractivity contribution is -0.302. The fraction of sp³-hybridized carbons (Fsp3) is 0.951. The zero-order chi connectivity index (χ0) is 50.8. The van der Waals surface area contributed by atoms with Gasteiger partial charge in [0, 0.05) is 6.42 Å². The lowest BCUT2D eigenvalue weighted by Gasteiger charge is -2.40. The third-order valence-electron chi connectivity index (χ3n) is 15.1. The quantitative estimate of drug-likeness (QED) is 0.0261. The van der Waals surface area contributed by atoms with E-state index in [0.29, 0.717) is 6.42 Å². The van der Waals surface area contributed by atoms with Crippen molar-refractivity contribution in [2.75, 3.05) is 13.2 Å². The molecule has 0 aliphatic carbocycles. The number of rotatable bonds is 54. The molecule has 1 amide bonds. The third kappa shape index (κ3) is 40.3. The molecule has 0 spiro atoms. The maximum absolute atomic E-state index is 13.0. The van der Waals surface area contributed by atoms with Gasteiger partial charge in [-0.05, 0) is 19.3 Å². The summed E-state index contributed by atoms with van der Waals surface area (Å²) in [6.07, 6.45) is 57.3. The molecule has 1 fully saturated rings. The molecule has 6 N–H and O–H groups in total. The van der Waals surface area contributed by atoms with E-state index in [1.165, 1.54) is 257 Å². The Labute approximate surface area is 433 Å². The fourth-order valence-electron chi connectivity index (χ4n) is 10.2. The molecular weight excluding hydrogens is 875 g/mol. The number of hydrogen-bond donors (Lipinski definition) is 6. The van der Waals surface area contributed by atoms with Gasteiger partial charge in [0.25, 0.3) is 0 Å². The molecule has 7 atom stereocenters. The predicted octanol–water partition coefficient (Wildman–Crippen LogP) is 15.6. The van der Waals surface area contributed by atoms with Crippen LogP contribution in [-0.4, -0.2) is 87.5 Å². The van der Waals surface area contributed by atoms with E-state index < -0.39 is 49.5 Å². The molecule has 0 aromatic heterocycles. The Balaban J connectivity index is 2.14. The summed E-state index contributed by atoms with van der Waals surface area (Å²) in [7, 11) is 0. The monoisotopic (exact) mass is 994 g/mol. The maximum Gasteiger partial charge on any atom is 0.220 e. The Bertz CT molecular complexity index is 1110. The lowest BCUT2D eigenvalue weighted by atomic mass is 9.99. The SMILES string of the molecule is CCCCCCCCCCCCCCCCCCCCCCCCCCCCCCC/C=C/C(O)C(COC1OC(CO)C(O)C(O)C1O)NC(=O)CCCCCCCCCCCCCCCCCC. The van der Waals surface area contributed by atoms with Crippen LogP contribution in [0.3, 0.4) is 0 Å². The molecule has 9 heteroatoms. The summed E-state index contributed by atoms with van der Waals surface area (Å²) in [5, 5.41) is 54.6. The molecule has 0 bridgehead atoms. The summed E-state index contributed by atoms with van der Waals surface area (Å²) in [6, 6.07) is -0.800. The summed E-state index contributed by atoms with van der Waals surface area (Å²) < 4.78 is 11.3. The van der Waals surface area contributed by atoms with Crippen molar-refractivity contribution >= 4 is 5.91 Å². The Morgan fingerprint density at radius 3 is 1.11 bits per heavy atom. The predicted molar refractivity (Wildman–Crippen MR) is 295 cm³/mol. The molecule has 416 valence electrons. The Morgan fingerprint density at radius 2 is 0.786 bits per heavy atom. The molecular formula is C61H119NO8. The molecule has 1 saturated heterocycles. The van der Waals surface area contributed by atoms with E-state index in [2.05, 4.69) is 19.2 Å². The second-order valence-corrected chi connectivity index (χ2v) is 21.9. The molecule has 0 aromatic rings. The highest BCUT2D eigenvalue weighted by atomic mass is 16.7. The van der Waals surface area contributed by atoms with Gasteiger partial charge in [-0.25, -0.2) is 0 Å². The molecule has 1 heterocycles. The van der Waals surface area contributed by atoms with E-state index in [9.17, 15) is 30.3 Å². The highest BCUT2D eigenvalue weighted by Gasteiger charge is 2.44. The number of ether oxygens (including phenoxy) is 2. The Hall–Kier alpha value is -1.07. The number of aliphatic hydroxyl groups excluding tert-OH is 5. The number of nitrogens with one attached hydrogen (secondary N) is 1. The van der Waals surface area contributed by atoms with Crippen molar-refractivity contribution in [3.63, 3.8) is 0 Å². The molecule has 7 unspecified atom stereocenters. The average Bonchev–Trinajstić information content (AvgIpc) is 3.36. The first-order valence-electron chi connectivity index (χ1n) is 30.9. The van der Waals surface area contributed by atoms with E-state index >= 15 is 0 Å². The van der Waals surface area contributed by atoms with Gasteiger partial charge in [0.05, 0.1) is 25.4 Å². The molecule has 9 nitrogen and oxygen atoms in total. The molecule has 0 saturated carbocycles. The summed E-state index contributed by atoms with van der Waals surface area (Å²) in [6.45, 7) is 3.82. The van der Waals surface area contributed by atoms with Crippen LogP contribution in [0.25, 0.3) is 0 Å². The molecule has 70 heavy (non-hydrogen) atoms. The molecule has 1 aliphatic heterocycles. The number of unbranched alkanes of at least 4 members (excludes halogenated alkanes) is 44. The topological polar surface area (TPSA) is 149 Å². The van der Waals surface area contributed by atoms with Crippen molar-refractivity contribution < 1.29 is 39.8 Å². The van der Waals surface area contributed by atoms with Gasteiger partial charge in [0.15, 0.2) is 6.29 Å². The van der Waals surface area contributed by atoms with Crippen LogP contribution in [0.15, 0.2) is 12.2 Å². The summed E-state index contributed by atoms with van der Waals surface area (Å²) in [4.78, 5) is 13.0. The lowest BCUT2D eigenvalue weighted by Crippen LogP contribution is -2.60. The van der Waals surface area contributed by atoms with E-state index in [4.69, 9.17) is 9.47 Å². The van der Waals surface area contributed by atoms with Gasteiger partial charge >= 0.3 is 0 Å². The van der Waals surface area contributed by atoms with Crippen LogP contribution in [0.1, 0.15) is 316 Å². The number of carbonyl (C=O) groups is 1. The van der Waals surface area contributed by atoms with Gasteiger partial charge in [-0.3, -0.25) is 4.79 Å². The third-order valence-corrected chi connectivity index (χ3v) is 15.1. The van der Waals surface area contributed by atoms with Crippen molar-refractivity contribution in [3.8, 4) is 0 Å². The van der Waals surface area contributed by atoms with Crippen LogP contribution >= 0.6 is 0 Å². The average molecular weight is 995 g/mol. The second-order valence-electron chi connectivity index (χ2n) is 21.9. The van der Waals surface area contributed by atoms with Crippen molar-refractivity contribution in [2.24, 2.45) is 0 Å². The van der Waals surface area contributed by atoms with E-state index in [-0.39, 0.29) is 12.5 Å². The zero-order valence-corrected chi connectivity index (χ0v) is 46.3. The first-order valence-corrected chi connectivity index (χ1v) is 30.9. The van der Waals surface area contributed by atoms with Crippen LogP contribution in [0.5, 0.6) is 0 Å². The van der Waals surface area contributed by atoms with Crippen LogP contribution in [-0.2, 0) is 14.3 Å². The standard InChI is InChI=1S/C61H119NO8/c1-3-5-7-9-11-13-15-17-19-21-22-23-24-25-26-27-28-29-30-31-32-33-34-35-36-38-40-42-44-46-48-50-55(64)54(53-69-61-60(68)59(67)58(66)56(52-63)70-61)62-57(65)51-49-47-45-43-41-39-37-20-18-16-14-12-10-8-6-4-2/h48,50,54-56,58-61,63-64,66-68H,3-47,49,51-53H2,1-2H3,(H,62,65)/b50-48+. The smallest absolute Gasteiger partial charge is 0.220 e. The van der Waals surface area contributed by atoms with Gasteiger partial charge in [-0.2, -0.15) is 0 Å². The second kappa shape index (κ2) is 51.4. The minimum atomic E-state index is -1.56. The normalized spacial score (nSPS) is 19.3. The van der Waals surface area contributed by atoms with Crippen LogP contribution in [0.4, 0.5) is 0 Å². The number of allylic oxidation sites excluding steroid dienone is 1. The summed E-state index contributed by atoms with van der Waals surface area (Å²) in [5.74, 6) is -0.170. The first-order chi connectivity index (χ1) is 34.3. The largest absolute Gasteiger partial charge is 0.394 e. The molecule has 1 rings (SSSR count). The first kappa shape index (κ1) is 66.9. The number of hydrogen-bond acceptors (Lipinski definition) is 8. The van der Waals surface area contributed by atoms with Gasteiger partial charge in [0.1, 0.15) is 24.4 Å². The van der Waals surface area contributed by atoms with Gasteiger partial charge in [-0.15, -0.1) is 0 Å². The van der Waals surface area contributed by atoms with Gasteiger partial charge in [0.2, 0.25) is 5.91 Å². The highest BCUT2D eigenvalue weighted by molar-refractivity contribution is 5.76. The van der Waals surface area contributed by atoms with E-state index in [1.807, 2.05) is 6.08 Å². The summed E-state index contributed by atoms with van der Waals surface area (Å²) in [5.41, 5.74) is 0. The van der Waals surface area contributed by atoms with Crippen molar-refractivity contribution in [2.45, 2.75) is 358 Å². The van der Waals surface area contributed by atoms with Crippen LogP contribution in [0, 0.1) is 0 Å². The van der Waals surface area contributed by atoms with Crippen molar-refractivity contribution in [1.82, 2.24) is 5.32 Å². The summed E-state index contributed by atoms with van der Waals surface area (Å²) >= 11 is 0. The van der Waals surface area contributed by atoms with Crippen molar-refractivity contribution in [1.29, 1.82) is 0 Å². The minimum Gasteiger partial charge on any atom is -0.394 e. The molecule has 0 aromatic carbocycles. The molecule has 1 aliphatic rings. The highest BCUT2D eigenvalue weighted by Crippen LogP contribution is 2.23. The van der Waals surface area contributed by atoms with Crippen molar-refractivity contribution in [3.05, 3.63) is 12.2 Å². The van der Waals surface area contributed by atoms with Crippen LogP contribution in [0.2, 0.25) is 0 Å². The zero-order valence-electron chi connectivity index (χ0n) is 46.3. The van der Waals surface area contributed by atoms with Crippen LogP contribution < -0.4 is 5.32 Å². The minimum absolute atomic E-state index is 0.170. The number of amides is 1. The van der Waals surface area contributed by atoms with Gasteiger partial charge < -0.3 is 40.3 Å². The number of carbonyl (C=O) groups excluding carboxylic acids is 1. The number of aliphatic hydroxyl groups is 5. The molecule has 0 radical (unpaired) electrons. The Kier molecular flexibility index (Phi) is 49.2. The van der Waals surface area contributed by atoms with Gasteiger partial charge in [-0.1, -0.05) is 302 Å². The fourth-order valence-corrected chi connectivity index (χ4v) is 10.2. The Morgan fingerprint density at radius 1 is 0.471 bits per heavy atom. The maximum atomic E-state index is 13.0. The van der Waals surface area contributed by atoms with E-state index in [0.717, 1.165) is 38.5 Å².